The van der Waals surface area contributed by atoms with Crippen LogP contribution in [0.25, 0.3) is 0 Å². The summed E-state index contributed by atoms with van der Waals surface area (Å²) in [5, 5.41) is 17.9. The molecule has 4 rings (SSSR count). The lowest BCUT2D eigenvalue weighted by Gasteiger charge is -2.33. The van der Waals surface area contributed by atoms with Gasteiger partial charge in [0.25, 0.3) is 0 Å². The van der Waals surface area contributed by atoms with Gasteiger partial charge in [-0.2, -0.15) is 5.26 Å². The number of Topliss-reactive ketones (excluding diaryl/α,β-unsaturated/α-hetero) is 1. The van der Waals surface area contributed by atoms with Crippen LogP contribution in [0.4, 0.5) is 5.69 Å². The van der Waals surface area contributed by atoms with Crippen LogP contribution in [0.15, 0.2) is 64.3 Å². The number of rotatable bonds is 5. The van der Waals surface area contributed by atoms with Gasteiger partial charge in [0, 0.05) is 33.4 Å². The number of dihydropyridines is 1. The van der Waals surface area contributed by atoms with Crippen LogP contribution in [0.2, 0.25) is 10.0 Å². The van der Waals surface area contributed by atoms with E-state index in [4.69, 9.17) is 23.2 Å². The quantitative estimate of drug-likeness (QED) is 0.521. The van der Waals surface area contributed by atoms with Gasteiger partial charge in [-0.1, -0.05) is 53.2 Å². The van der Waals surface area contributed by atoms with E-state index in [2.05, 4.69) is 16.7 Å². The Kier molecular flexibility index (Phi) is 7.14. The summed E-state index contributed by atoms with van der Waals surface area (Å²) in [7, 11) is 0. The number of halogens is 2. The van der Waals surface area contributed by atoms with Gasteiger partial charge in [0.15, 0.2) is 5.78 Å². The van der Waals surface area contributed by atoms with Gasteiger partial charge in [0.2, 0.25) is 5.91 Å². The number of amides is 1. The predicted molar refractivity (Wildman–Crippen MR) is 133 cm³/mol. The molecule has 0 saturated heterocycles. The third kappa shape index (κ3) is 5.11. The molecular formula is C25H21Cl2N3O2S. The number of hydrogen-bond acceptors (Lipinski definition) is 5. The average Bonchev–Trinajstić information content (AvgIpc) is 2.80. The molecule has 5 nitrogen and oxygen atoms in total. The third-order valence-electron chi connectivity index (χ3n) is 5.67. The first-order valence-corrected chi connectivity index (χ1v) is 12.2. The molecule has 0 spiro atoms. The van der Waals surface area contributed by atoms with Crippen molar-refractivity contribution in [3.05, 3.63) is 85.5 Å². The summed E-state index contributed by atoms with van der Waals surface area (Å²) in [4.78, 5) is 25.4. The van der Waals surface area contributed by atoms with Crippen molar-refractivity contribution in [2.24, 2.45) is 0 Å². The minimum absolute atomic E-state index is 0.0505. The van der Waals surface area contributed by atoms with Gasteiger partial charge in [-0.25, -0.2) is 0 Å². The van der Waals surface area contributed by atoms with Crippen molar-refractivity contribution in [3.8, 4) is 6.07 Å². The standard InChI is InChI=1S/C25H21Cl2N3O2S/c1-14-5-10-17(11-19(14)27)29-22(32)13-33-25-18(12-28)23(15-6-8-16(26)9-7-15)24-20(30-25)3-2-4-21(24)31/h5-11,23,30H,2-4,13H2,1H3,(H,29,32)/t23-/m0/s1. The highest BCUT2D eigenvalue weighted by Gasteiger charge is 2.37. The van der Waals surface area contributed by atoms with E-state index >= 15 is 0 Å². The second-order valence-corrected chi connectivity index (χ2v) is 9.76. The molecule has 1 heterocycles. The summed E-state index contributed by atoms with van der Waals surface area (Å²) >= 11 is 13.5. The average molecular weight is 498 g/mol. The van der Waals surface area contributed by atoms with Gasteiger partial charge in [0.05, 0.1) is 28.3 Å². The normalized spacial score (nSPS) is 17.9. The number of benzene rings is 2. The minimum Gasteiger partial charge on any atom is -0.352 e. The first kappa shape index (κ1) is 23.4. The highest BCUT2D eigenvalue weighted by Crippen LogP contribution is 2.44. The Morgan fingerprint density at radius 3 is 2.67 bits per heavy atom. The number of carbonyl (C=O) groups is 2. The Morgan fingerprint density at radius 2 is 1.97 bits per heavy atom. The van der Waals surface area contributed by atoms with E-state index in [-0.39, 0.29) is 17.4 Å². The zero-order chi connectivity index (χ0) is 23.5. The summed E-state index contributed by atoms with van der Waals surface area (Å²) < 4.78 is 0. The minimum atomic E-state index is -0.474. The number of thioether (sulfide) groups is 1. The molecule has 168 valence electrons. The Morgan fingerprint density at radius 1 is 1.21 bits per heavy atom. The van der Waals surface area contributed by atoms with Crippen LogP contribution in [0.5, 0.6) is 0 Å². The molecule has 0 radical (unpaired) electrons. The number of anilines is 1. The molecule has 33 heavy (non-hydrogen) atoms. The molecule has 1 aliphatic carbocycles. The second-order valence-electron chi connectivity index (χ2n) is 7.93. The second kappa shape index (κ2) is 10.0. The van der Waals surface area contributed by atoms with E-state index in [0.717, 1.165) is 29.7 Å². The topological polar surface area (TPSA) is 82.0 Å². The van der Waals surface area contributed by atoms with Crippen LogP contribution >= 0.6 is 35.0 Å². The van der Waals surface area contributed by atoms with Gasteiger partial charge in [-0.05, 0) is 55.2 Å². The maximum atomic E-state index is 12.8. The molecule has 0 fully saturated rings. The lowest BCUT2D eigenvalue weighted by atomic mass is 9.77. The van der Waals surface area contributed by atoms with Crippen LogP contribution in [0.1, 0.15) is 36.3 Å². The molecule has 2 aliphatic rings. The predicted octanol–water partition coefficient (Wildman–Crippen LogP) is 6.10. The number of allylic oxidation sites excluding steroid dienone is 3. The monoisotopic (exact) mass is 497 g/mol. The fourth-order valence-corrected chi connectivity index (χ4v) is 5.20. The summed E-state index contributed by atoms with van der Waals surface area (Å²) in [6.07, 6.45) is 1.95. The maximum Gasteiger partial charge on any atom is 0.234 e. The van der Waals surface area contributed by atoms with E-state index in [0.29, 0.717) is 38.3 Å². The van der Waals surface area contributed by atoms with Gasteiger partial charge in [-0.3, -0.25) is 9.59 Å². The number of aryl methyl sites for hydroxylation is 1. The highest BCUT2D eigenvalue weighted by atomic mass is 35.5. The smallest absolute Gasteiger partial charge is 0.234 e. The fraction of sp³-hybridized carbons (Fsp3) is 0.240. The Labute approximate surface area is 206 Å². The van der Waals surface area contributed by atoms with Crippen molar-refractivity contribution >= 4 is 52.3 Å². The lowest BCUT2D eigenvalue weighted by Crippen LogP contribution is -2.31. The number of ketones is 1. The number of nitriles is 1. The molecule has 1 atom stereocenters. The van der Waals surface area contributed by atoms with Crippen molar-refractivity contribution in [2.45, 2.75) is 32.1 Å². The Hall–Kier alpha value is -2.72. The first-order valence-electron chi connectivity index (χ1n) is 10.5. The number of nitrogens with one attached hydrogen (secondary N) is 2. The number of hydrogen-bond donors (Lipinski definition) is 2. The molecule has 1 aliphatic heterocycles. The van der Waals surface area contributed by atoms with Crippen LogP contribution in [0.3, 0.4) is 0 Å². The fourth-order valence-electron chi connectivity index (χ4n) is 4.03. The Balaban J connectivity index is 1.59. The van der Waals surface area contributed by atoms with E-state index in [1.54, 1.807) is 24.3 Å². The molecule has 2 N–H and O–H groups in total. The molecule has 8 heteroatoms. The maximum absolute atomic E-state index is 12.8. The van der Waals surface area contributed by atoms with Crippen molar-refractivity contribution in [1.82, 2.24) is 5.32 Å². The molecule has 0 unspecified atom stereocenters. The zero-order valence-electron chi connectivity index (χ0n) is 17.9. The summed E-state index contributed by atoms with van der Waals surface area (Å²) in [6.45, 7) is 1.89. The van der Waals surface area contributed by atoms with Crippen LogP contribution in [-0.4, -0.2) is 17.4 Å². The number of carbonyl (C=O) groups excluding carboxylic acids is 2. The van der Waals surface area contributed by atoms with Gasteiger partial charge < -0.3 is 10.6 Å². The molecule has 0 saturated carbocycles. The van der Waals surface area contributed by atoms with Crippen molar-refractivity contribution in [1.29, 1.82) is 5.26 Å². The molecule has 1 amide bonds. The molecule has 0 aromatic heterocycles. The first-order chi connectivity index (χ1) is 15.9. The van der Waals surface area contributed by atoms with Gasteiger partial charge in [0.1, 0.15) is 0 Å². The SMILES string of the molecule is Cc1ccc(NC(=O)CSC2=C(C#N)[C@H](c3ccc(Cl)cc3)C3=C(CCCC3=O)N2)cc1Cl. The van der Waals surface area contributed by atoms with E-state index in [9.17, 15) is 14.9 Å². The lowest BCUT2D eigenvalue weighted by molar-refractivity contribution is -0.116. The Bertz CT molecular complexity index is 1230. The van der Waals surface area contributed by atoms with Crippen molar-refractivity contribution in [3.63, 3.8) is 0 Å². The van der Waals surface area contributed by atoms with Crippen molar-refractivity contribution in [2.75, 3.05) is 11.1 Å². The molecule has 2 aromatic rings. The highest BCUT2D eigenvalue weighted by molar-refractivity contribution is 8.03. The zero-order valence-corrected chi connectivity index (χ0v) is 20.2. The molecule has 0 bridgehead atoms. The molecule has 2 aromatic carbocycles. The van der Waals surface area contributed by atoms with E-state index in [1.807, 2.05) is 25.1 Å². The van der Waals surface area contributed by atoms with Gasteiger partial charge in [-0.15, -0.1) is 0 Å². The van der Waals surface area contributed by atoms with E-state index in [1.165, 1.54) is 11.8 Å². The van der Waals surface area contributed by atoms with Crippen molar-refractivity contribution < 1.29 is 9.59 Å². The van der Waals surface area contributed by atoms with E-state index < -0.39 is 5.92 Å². The van der Waals surface area contributed by atoms with Crippen LogP contribution in [-0.2, 0) is 9.59 Å². The third-order valence-corrected chi connectivity index (χ3v) is 7.35. The molecular weight excluding hydrogens is 477 g/mol. The van der Waals surface area contributed by atoms with Crippen LogP contribution in [0, 0.1) is 18.3 Å². The summed E-state index contributed by atoms with van der Waals surface area (Å²) in [6, 6.07) is 14.8. The van der Waals surface area contributed by atoms with Gasteiger partial charge >= 0.3 is 0 Å². The summed E-state index contributed by atoms with van der Waals surface area (Å²) in [5.74, 6) is -0.538. The largest absolute Gasteiger partial charge is 0.352 e. The van der Waals surface area contributed by atoms with Crippen LogP contribution < -0.4 is 10.6 Å². The summed E-state index contributed by atoms with van der Waals surface area (Å²) in [5.41, 5.74) is 4.28. The number of nitrogens with zero attached hydrogens (tertiary/aromatic N) is 1.